The molecule has 0 bridgehead atoms. The van der Waals surface area contributed by atoms with Crippen molar-refractivity contribution in [3.05, 3.63) is 68.8 Å². The molecular weight excluding hydrogens is 376 g/mol. The van der Waals surface area contributed by atoms with E-state index in [0.29, 0.717) is 12.8 Å². The fourth-order valence-electron chi connectivity index (χ4n) is 4.96. The Hall–Kier alpha value is -2.66. The molecule has 1 N–H and O–H groups in total. The van der Waals surface area contributed by atoms with Crippen LogP contribution in [0.1, 0.15) is 57.3 Å². The van der Waals surface area contributed by atoms with Gasteiger partial charge < -0.3 is 14.8 Å². The third-order valence-electron chi connectivity index (χ3n) is 6.08. The van der Waals surface area contributed by atoms with E-state index in [2.05, 4.69) is 76.1 Å². The predicted octanol–water partition coefficient (Wildman–Crippen LogP) is 4.58. The number of aryl methyl sites for hydroxylation is 6. The second-order valence-electron chi connectivity index (χ2n) is 8.81. The van der Waals surface area contributed by atoms with Crippen LogP contribution in [-0.4, -0.2) is 34.8 Å². The first-order chi connectivity index (χ1) is 14.2. The van der Waals surface area contributed by atoms with Crippen molar-refractivity contribution in [2.24, 2.45) is 10.3 Å². The highest BCUT2D eigenvalue weighted by molar-refractivity contribution is 6.04. The van der Waals surface area contributed by atoms with Crippen LogP contribution in [0.15, 0.2) is 34.6 Å². The van der Waals surface area contributed by atoms with E-state index in [-0.39, 0.29) is 0 Å². The minimum atomic E-state index is -0.801. The molecule has 0 radical (unpaired) electrons. The fourth-order valence-corrected chi connectivity index (χ4v) is 4.96. The quantitative estimate of drug-likeness (QED) is 0.808. The van der Waals surface area contributed by atoms with E-state index in [9.17, 15) is 5.11 Å². The van der Waals surface area contributed by atoms with Gasteiger partial charge in [0, 0.05) is 24.0 Å². The van der Waals surface area contributed by atoms with Crippen molar-refractivity contribution in [2.75, 3.05) is 0 Å². The van der Waals surface area contributed by atoms with E-state index in [1.807, 2.05) is 0 Å². The van der Waals surface area contributed by atoms with Gasteiger partial charge in [-0.3, -0.25) is 0 Å². The minimum Gasteiger partial charge on any atom is -0.389 e. The van der Waals surface area contributed by atoms with Gasteiger partial charge in [0.1, 0.15) is 6.10 Å². The highest BCUT2D eigenvalue weighted by Crippen LogP contribution is 2.30. The summed E-state index contributed by atoms with van der Waals surface area (Å²) in [4.78, 5) is 11.3. The van der Waals surface area contributed by atoms with Gasteiger partial charge in [-0.15, -0.1) is 0 Å². The largest absolute Gasteiger partial charge is 0.389 e. The van der Waals surface area contributed by atoms with E-state index < -0.39 is 18.3 Å². The summed E-state index contributed by atoms with van der Waals surface area (Å²) in [6, 6.07) is 8.62. The first kappa shape index (κ1) is 20.6. The summed E-state index contributed by atoms with van der Waals surface area (Å²) >= 11 is 0. The molecule has 0 aromatic heterocycles. The molecule has 0 saturated carbocycles. The van der Waals surface area contributed by atoms with Crippen LogP contribution in [0, 0.1) is 41.5 Å². The zero-order chi connectivity index (χ0) is 21.6. The average molecular weight is 407 g/mol. The first-order valence-electron chi connectivity index (χ1n) is 10.5. The molecule has 5 nitrogen and oxygen atoms in total. The third-order valence-corrected chi connectivity index (χ3v) is 6.08. The number of hydrogen-bond donors (Lipinski definition) is 1. The Balaban J connectivity index is 1.45. The third kappa shape index (κ3) is 3.74. The van der Waals surface area contributed by atoms with Gasteiger partial charge in [-0.1, -0.05) is 45.7 Å². The van der Waals surface area contributed by atoms with Crippen molar-refractivity contribution in [1.82, 2.24) is 0 Å². The number of aliphatic hydroxyl groups is 1. The standard InChI is InChI=1S/C25H30N2O3/c1-13-7-15(3)23(16(4)8-13)19-11-21(29-26-19)25(28)22-12-20(27-30-22)24-17(5)9-14(2)10-18(24)6/h7-10,21-22,25,28H,11-12H2,1-6H3/t21-,22+,25?. The molecule has 30 heavy (non-hydrogen) atoms. The molecule has 5 heteroatoms. The molecule has 0 fully saturated rings. The maximum absolute atomic E-state index is 10.9. The molecule has 3 atom stereocenters. The van der Waals surface area contributed by atoms with E-state index >= 15 is 0 Å². The molecule has 0 amide bonds. The smallest absolute Gasteiger partial charge is 0.162 e. The highest BCUT2D eigenvalue weighted by atomic mass is 16.7. The summed E-state index contributed by atoms with van der Waals surface area (Å²) in [5, 5.41) is 19.6. The van der Waals surface area contributed by atoms with Crippen LogP contribution in [0.5, 0.6) is 0 Å². The summed E-state index contributed by atoms with van der Waals surface area (Å²) in [6.07, 6.45) is -0.544. The van der Waals surface area contributed by atoms with Crippen LogP contribution in [0.4, 0.5) is 0 Å². The molecule has 4 rings (SSSR count). The van der Waals surface area contributed by atoms with Gasteiger partial charge in [0.25, 0.3) is 0 Å². The lowest BCUT2D eigenvalue weighted by Gasteiger charge is -2.20. The molecule has 1 unspecified atom stereocenters. The number of aliphatic hydroxyl groups excluding tert-OH is 1. The number of oxime groups is 2. The van der Waals surface area contributed by atoms with Crippen LogP contribution in [0.3, 0.4) is 0 Å². The Labute approximate surface area is 178 Å². The van der Waals surface area contributed by atoms with Gasteiger partial charge in [-0.05, 0) is 63.8 Å². The molecule has 2 aromatic rings. The zero-order valence-electron chi connectivity index (χ0n) is 18.6. The lowest BCUT2D eigenvalue weighted by molar-refractivity contribution is -0.0911. The monoisotopic (exact) mass is 406 g/mol. The Bertz CT molecular complexity index is 925. The fraction of sp³-hybridized carbons (Fsp3) is 0.440. The number of nitrogens with zero attached hydrogens (tertiary/aromatic N) is 2. The summed E-state index contributed by atoms with van der Waals surface area (Å²) < 4.78 is 0. The van der Waals surface area contributed by atoms with Crippen LogP contribution in [0.2, 0.25) is 0 Å². The van der Waals surface area contributed by atoms with Crippen LogP contribution in [0.25, 0.3) is 0 Å². The van der Waals surface area contributed by atoms with Crippen LogP contribution < -0.4 is 0 Å². The predicted molar refractivity (Wildman–Crippen MR) is 119 cm³/mol. The molecule has 0 aliphatic carbocycles. The molecule has 0 spiro atoms. The summed E-state index contributed by atoms with van der Waals surface area (Å²) in [7, 11) is 0. The highest BCUT2D eigenvalue weighted by Gasteiger charge is 2.39. The SMILES string of the molecule is Cc1cc(C)c(C2=NO[C@H](C(O)[C@H]3CC(c4c(C)cc(C)cc4C)=NO3)C2)c(C)c1. The van der Waals surface area contributed by atoms with Gasteiger partial charge >= 0.3 is 0 Å². The van der Waals surface area contributed by atoms with Crippen molar-refractivity contribution in [3.63, 3.8) is 0 Å². The molecule has 158 valence electrons. The van der Waals surface area contributed by atoms with Gasteiger partial charge in [0.05, 0.1) is 11.4 Å². The van der Waals surface area contributed by atoms with Gasteiger partial charge in [0.2, 0.25) is 0 Å². The van der Waals surface area contributed by atoms with Gasteiger partial charge in [-0.2, -0.15) is 0 Å². The summed E-state index contributed by atoms with van der Waals surface area (Å²) in [5.41, 5.74) is 11.2. The van der Waals surface area contributed by atoms with E-state index in [1.54, 1.807) is 0 Å². The minimum absolute atomic E-state index is 0.431. The molecular formula is C25H30N2O3. The Morgan fingerprint density at radius 3 is 1.37 bits per heavy atom. The first-order valence-corrected chi connectivity index (χ1v) is 10.5. The van der Waals surface area contributed by atoms with Crippen molar-refractivity contribution in [2.45, 2.75) is 72.7 Å². The number of hydrogen-bond acceptors (Lipinski definition) is 5. The van der Waals surface area contributed by atoms with E-state index in [0.717, 1.165) is 22.6 Å². The topological polar surface area (TPSA) is 63.4 Å². The zero-order valence-corrected chi connectivity index (χ0v) is 18.6. The second-order valence-corrected chi connectivity index (χ2v) is 8.81. The van der Waals surface area contributed by atoms with Crippen molar-refractivity contribution in [1.29, 1.82) is 0 Å². The molecule has 2 heterocycles. The van der Waals surface area contributed by atoms with E-state index in [1.165, 1.54) is 33.4 Å². The molecule has 2 aromatic carbocycles. The maximum atomic E-state index is 10.9. The lowest BCUT2D eigenvalue weighted by atomic mass is 9.90. The maximum Gasteiger partial charge on any atom is 0.162 e. The van der Waals surface area contributed by atoms with Gasteiger partial charge in [-0.25, -0.2) is 0 Å². The van der Waals surface area contributed by atoms with Gasteiger partial charge in [0.15, 0.2) is 12.2 Å². The van der Waals surface area contributed by atoms with Crippen molar-refractivity contribution in [3.8, 4) is 0 Å². The average Bonchev–Trinajstić information content (AvgIpc) is 3.29. The van der Waals surface area contributed by atoms with E-state index in [4.69, 9.17) is 9.68 Å². The number of benzene rings is 2. The summed E-state index contributed by atoms with van der Waals surface area (Å²) in [6.45, 7) is 12.6. The molecule has 2 aliphatic heterocycles. The number of rotatable bonds is 4. The summed E-state index contributed by atoms with van der Waals surface area (Å²) in [5.74, 6) is 0. The Morgan fingerprint density at radius 2 is 1.03 bits per heavy atom. The Morgan fingerprint density at radius 1 is 0.700 bits per heavy atom. The van der Waals surface area contributed by atoms with Crippen molar-refractivity contribution < 1.29 is 14.8 Å². The molecule has 2 aliphatic rings. The Kier molecular flexibility index (Phi) is 5.41. The lowest BCUT2D eigenvalue weighted by Crippen LogP contribution is -2.38. The normalized spacial score (nSPS) is 21.7. The van der Waals surface area contributed by atoms with Crippen molar-refractivity contribution >= 4 is 11.4 Å². The second kappa shape index (κ2) is 7.88. The van der Waals surface area contributed by atoms with Crippen LogP contribution >= 0.6 is 0 Å². The molecule has 0 saturated heterocycles. The van der Waals surface area contributed by atoms with Crippen LogP contribution in [-0.2, 0) is 9.68 Å².